The number of urea groups is 1. The van der Waals surface area contributed by atoms with Crippen molar-refractivity contribution < 1.29 is 19.6 Å². The number of phenolic OH excluding ortho intramolecular Hbond substituents is 1. The molecule has 0 spiro atoms. The van der Waals surface area contributed by atoms with E-state index in [1.165, 1.54) is 24.3 Å². The minimum atomic E-state index is -0.753. The number of carbonyl (C=O) groups excluding carboxylic acids is 2. The first kappa shape index (κ1) is 17.9. The highest BCUT2D eigenvalue weighted by Gasteiger charge is 2.35. The average molecular weight is 439 g/mol. The Hall–Kier alpha value is -2.91. The summed E-state index contributed by atoms with van der Waals surface area (Å²) in [6.45, 7) is 0. The lowest BCUT2D eigenvalue weighted by Gasteiger charge is -2.11. The summed E-state index contributed by atoms with van der Waals surface area (Å²) in [5.74, 6) is -1.15. The Labute approximate surface area is 160 Å². The van der Waals surface area contributed by atoms with Crippen LogP contribution in [0.15, 0.2) is 46.6 Å². The van der Waals surface area contributed by atoms with E-state index in [-0.39, 0.29) is 15.7 Å². The lowest BCUT2D eigenvalue weighted by molar-refractivity contribution is -0.386. The van der Waals surface area contributed by atoms with Gasteiger partial charge in [-0.05, 0) is 57.9 Å². The fourth-order valence-electron chi connectivity index (χ4n) is 2.35. The topological polar surface area (TPSA) is 113 Å². The maximum absolute atomic E-state index is 12.5. The van der Waals surface area contributed by atoms with Crippen LogP contribution in [0.4, 0.5) is 16.2 Å². The summed E-state index contributed by atoms with van der Waals surface area (Å²) in [5, 5.41) is 23.6. The zero-order chi connectivity index (χ0) is 19.0. The Balaban J connectivity index is 1.98. The molecule has 8 nitrogen and oxygen atoms in total. The van der Waals surface area contributed by atoms with Crippen LogP contribution in [0.3, 0.4) is 0 Å². The van der Waals surface area contributed by atoms with Crippen molar-refractivity contribution in [1.29, 1.82) is 0 Å². The van der Waals surface area contributed by atoms with Crippen molar-refractivity contribution in [2.75, 3.05) is 4.90 Å². The van der Waals surface area contributed by atoms with Crippen molar-refractivity contribution in [1.82, 2.24) is 5.32 Å². The molecule has 1 saturated heterocycles. The van der Waals surface area contributed by atoms with Gasteiger partial charge in [0.15, 0.2) is 0 Å². The second-order valence-corrected chi connectivity index (χ2v) is 6.52. The number of imide groups is 1. The Kier molecular flexibility index (Phi) is 4.66. The molecule has 1 fully saturated rings. The highest BCUT2D eigenvalue weighted by molar-refractivity contribution is 9.10. The van der Waals surface area contributed by atoms with Crippen LogP contribution < -0.4 is 10.2 Å². The van der Waals surface area contributed by atoms with Crippen molar-refractivity contribution in [2.24, 2.45) is 0 Å². The molecule has 2 aromatic rings. The Morgan fingerprint density at radius 1 is 1.23 bits per heavy atom. The van der Waals surface area contributed by atoms with Crippen molar-refractivity contribution >= 4 is 56.9 Å². The van der Waals surface area contributed by atoms with Gasteiger partial charge in [0.2, 0.25) is 5.75 Å². The number of nitrogens with zero attached hydrogens (tertiary/aromatic N) is 2. The number of nitrogens with one attached hydrogen (secondary N) is 1. The maximum atomic E-state index is 12.5. The van der Waals surface area contributed by atoms with Crippen LogP contribution >= 0.6 is 27.5 Å². The third-order valence-electron chi connectivity index (χ3n) is 3.54. The molecule has 26 heavy (non-hydrogen) atoms. The molecule has 132 valence electrons. The van der Waals surface area contributed by atoms with Crippen LogP contribution in [-0.4, -0.2) is 22.0 Å². The monoisotopic (exact) mass is 437 g/mol. The van der Waals surface area contributed by atoms with Gasteiger partial charge >= 0.3 is 11.7 Å². The van der Waals surface area contributed by atoms with E-state index in [2.05, 4.69) is 21.2 Å². The molecule has 0 radical (unpaired) electrons. The number of rotatable bonds is 3. The van der Waals surface area contributed by atoms with Crippen molar-refractivity contribution in [3.8, 4) is 5.75 Å². The minimum absolute atomic E-state index is 0.0585. The highest BCUT2D eigenvalue weighted by Crippen LogP contribution is 2.36. The first-order valence-electron chi connectivity index (χ1n) is 7.07. The smallest absolute Gasteiger partial charge is 0.333 e. The van der Waals surface area contributed by atoms with E-state index in [0.29, 0.717) is 10.7 Å². The molecule has 0 saturated carbocycles. The molecule has 1 heterocycles. The van der Waals surface area contributed by atoms with E-state index in [4.69, 9.17) is 11.6 Å². The lowest BCUT2D eigenvalue weighted by Crippen LogP contribution is -2.30. The Morgan fingerprint density at radius 3 is 2.50 bits per heavy atom. The molecule has 2 aromatic carbocycles. The Bertz CT molecular complexity index is 975. The van der Waals surface area contributed by atoms with Crippen molar-refractivity contribution in [3.63, 3.8) is 0 Å². The third-order valence-corrected chi connectivity index (χ3v) is 4.39. The predicted octanol–water partition coefficient (Wildman–Crippen LogP) is 3.81. The second-order valence-electron chi connectivity index (χ2n) is 5.23. The summed E-state index contributed by atoms with van der Waals surface area (Å²) < 4.78 is 0.0879. The van der Waals surface area contributed by atoms with Gasteiger partial charge in [-0.1, -0.05) is 11.6 Å². The van der Waals surface area contributed by atoms with E-state index in [0.717, 1.165) is 11.0 Å². The van der Waals surface area contributed by atoms with Crippen LogP contribution in [0.25, 0.3) is 6.08 Å². The van der Waals surface area contributed by atoms with E-state index in [1.54, 1.807) is 12.1 Å². The minimum Gasteiger partial charge on any atom is -0.501 e. The molecule has 0 bridgehead atoms. The summed E-state index contributed by atoms with van der Waals surface area (Å²) in [6.07, 6.45) is 1.29. The fourth-order valence-corrected chi connectivity index (χ4v) is 2.95. The number of carbonyl (C=O) groups is 2. The van der Waals surface area contributed by atoms with Crippen molar-refractivity contribution in [3.05, 3.63) is 67.3 Å². The van der Waals surface area contributed by atoms with Crippen LogP contribution in [-0.2, 0) is 4.79 Å². The predicted molar refractivity (Wildman–Crippen MR) is 97.9 cm³/mol. The SMILES string of the molecule is O=C1N/C(=C/c2cc(Br)c(O)c([N+](=O)[O-])c2)C(=O)N1c1ccc(Cl)cc1. The first-order chi connectivity index (χ1) is 12.3. The quantitative estimate of drug-likeness (QED) is 0.327. The van der Waals surface area contributed by atoms with E-state index in [9.17, 15) is 24.8 Å². The standard InChI is InChI=1S/C16H9BrClN3O5/c17-11-5-8(7-13(14(11)22)21(25)26)6-12-15(23)20(16(24)19-12)10-3-1-9(18)2-4-10/h1-7,22H,(H,19,24)/b12-6+. The molecule has 3 amide bonds. The molecule has 2 N–H and O–H groups in total. The number of phenols is 1. The van der Waals surface area contributed by atoms with E-state index >= 15 is 0 Å². The molecule has 0 unspecified atom stereocenters. The largest absolute Gasteiger partial charge is 0.501 e. The molecular weight excluding hydrogens is 430 g/mol. The molecule has 1 aliphatic rings. The molecule has 0 aromatic heterocycles. The lowest BCUT2D eigenvalue weighted by atomic mass is 10.1. The zero-order valence-corrected chi connectivity index (χ0v) is 15.1. The van der Waals surface area contributed by atoms with Gasteiger partial charge in [-0.3, -0.25) is 14.9 Å². The number of hydrogen-bond donors (Lipinski definition) is 2. The van der Waals surface area contributed by atoms with Gasteiger partial charge in [0.25, 0.3) is 5.91 Å². The number of benzene rings is 2. The van der Waals surface area contributed by atoms with Crippen LogP contribution in [0, 0.1) is 10.1 Å². The molecule has 0 aliphatic carbocycles. The number of anilines is 1. The molecular formula is C16H9BrClN3O5. The molecule has 3 rings (SSSR count). The zero-order valence-electron chi connectivity index (χ0n) is 12.8. The summed E-state index contributed by atoms with van der Waals surface area (Å²) in [6, 6.07) is 7.95. The maximum Gasteiger partial charge on any atom is 0.333 e. The van der Waals surface area contributed by atoms with Gasteiger partial charge in [0.05, 0.1) is 15.1 Å². The summed E-state index contributed by atoms with van der Waals surface area (Å²) in [7, 11) is 0. The Morgan fingerprint density at radius 2 is 1.88 bits per heavy atom. The summed E-state index contributed by atoms with van der Waals surface area (Å²) >= 11 is 8.82. The van der Waals surface area contributed by atoms with Crippen molar-refractivity contribution in [2.45, 2.75) is 0 Å². The fraction of sp³-hybridized carbons (Fsp3) is 0. The van der Waals surface area contributed by atoms with Gasteiger partial charge in [0.1, 0.15) is 5.70 Å². The van der Waals surface area contributed by atoms with Crippen LogP contribution in [0.5, 0.6) is 5.75 Å². The first-order valence-corrected chi connectivity index (χ1v) is 8.24. The van der Waals surface area contributed by atoms with Crippen LogP contribution in [0.1, 0.15) is 5.56 Å². The normalized spacial score (nSPS) is 15.5. The average Bonchev–Trinajstić information content (AvgIpc) is 2.85. The molecule has 1 aliphatic heterocycles. The number of aromatic hydroxyl groups is 1. The number of amides is 3. The summed E-state index contributed by atoms with van der Waals surface area (Å²) in [5.41, 5.74) is -0.00413. The number of halogens is 2. The van der Waals surface area contributed by atoms with Crippen LogP contribution in [0.2, 0.25) is 5.02 Å². The second kappa shape index (κ2) is 6.77. The number of nitro benzene ring substituents is 1. The van der Waals surface area contributed by atoms with Gasteiger partial charge in [-0.2, -0.15) is 0 Å². The summed E-state index contributed by atoms with van der Waals surface area (Å²) in [4.78, 5) is 35.8. The van der Waals surface area contributed by atoms with Gasteiger partial charge in [-0.15, -0.1) is 0 Å². The van der Waals surface area contributed by atoms with Gasteiger partial charge < -0.3 is 10.4 Å². The van der Waals surface area contributed by atoms with E-state index < -0.39 is 28.3 Å². The van der Waals surface area contributed by atoms with Gasteiger partial charge in [0, 0.05) is 11.1 Å². The number of nitro groups is 1. The van der Waals surface area contributed by atoms with Gasteiger partial charge in [-0.25, -0.2) is 9.69 Å². The third kappa shape index (κ3) is 3.26. The van der Waals surface area contributed by atoms with E-state index in [1.807, 2.05) is 0 Å². The molecule has 10 heteroatoms. The highest BCUT2D eigenvalue weighted by atomic mass is 79.9. The molecule has 0 atom stereocenters. The number of hydrogen-bond acceptors (Lipinski definition) is 5.